The van der Waals surface area contributed by atoms with Crippen molar-refractivity contribution >= 4 is 29.2 Å². The molecular formula is C25H21NO4. The number of carbonyl (C=O) groups is 2. The van der Waals surface area contributed by atoms with Gasteiger partial charge in [0, 0.05) is 17.2 Å². The first-order valence-corrected chi connectivity index (χ1v) is 9.52. The average molecular weight is 399 g/mol. The Morgan fingerprint density at radius 1 is 0.767 bits per heavy atom. The van der Waals surface area contributed by atoms with Crippen LogP contribution in [-0.4, -0.2) is 26.0 Å². The number of para-hydroxylation sites is 1. The maximum atomic E-state index is 13.5. The van der Waals surface area contributed by atoms with Gasteiger partial charge in [-0.3, -0.25) is 9.59 Å². The zero-order valence-corrected chi connectivity index (χ0v) is 17.0. The predicted octanol–water partition coefficient (Wildman–Crippen LogP) is 4.74. The van der Waals surface area contributed by atoms with Crippen LogP contribution >= 0.6 is 0 Å². The van der Waals surface area contributed by atoms with Crippen molar-refractivity contribution in [3.05, 3.63) is 89.0 Å². The van der Waals surface area contributed by atoms with Crippen molar-refractivity contribution in [2.24, 2.45) is 0 Å². The minimum absolute atomic E-state index is 0.328. The van der Waals surface area contributed by atoms with Crippen LogP contribution < -0.4 is 14.4 Å². The monoisotopic (exact) mass is 399 g/mol. The summed E-state index contributed by atoms with van der Waals surface area (Å²) < 4.78 is 10.7. The SMILES string of the molecule is COc1cc(/C=C2/C(=O)N(c3ccccc3C)C(=O)c3ccccc32)cc(OC)c1. The second-order valence-corrected chi connectivity index (χ2v) is 6.98. The summed E-state index contributed by atoms with van der Waals surface area (Å²) in [6.07, 6.45) is 1.77. The van der Waals surface area contributed by atoms with Crippen molar-refractivity contribution in [2.45, 2.75) is 6.92 Å². The third kappa shape index (κ3) is 3.35. The van der Waals surface area contributed by atoms with E-state index in [1.165, 1.54) is 4.90 Å². The summed E-state index contributed by atoms with van der Waals surface area (Å²) in [7, 11) is 3.15. The molecule has 0 aliphatic carbocycles. The third-order valence-electron chi connectivity index (χ3n) is 5.13. The van der Waals surface area contributed by atoms with Crippen molar-refractivity contribution in [1.82, 2.24) is 0 Å². The molecule has 0 bridgehead atoms. The van der Waals surface area contributed by atoms with Gasteiger partial charge in [-0.2, -0.15) is 0 Å². The van der Waals surface area contributed by atoms with E-state index in [0.717, 1.165) is 11.1 Å². The molecule has 5 heteroatoms. The van der Waals surface area contributed by atoms with Gasteiger partial charge in [0.1, 0.15) is 11.5 Å². The molecule has 0 atom stereocenters. The van der Waals surface area contributed by atoms with Crippen LogP contribution in [0.5, 0.6) is 11.5 Å². The fraction of sp³-hybridized carbons (Fsp3) is 0.120. The van der Waals surface area contributed by atoms with Crippen LogP contribution in [0, 0.1) is 6.92 Å². The van der Waals surface area contributed by atoms with Gasteiger partial charge >= 0.3 is 0 Å². The van der Waals surface area contributed by atoms with E-state index in [2.05, 4.69) is 0 Å². The van der Waals surface area contributed by atoms with Gasteiger partial charge in [0.2, 0.25) is 0 Å². The first-order valence-electron chi connectivity index (χ1n) is 9.52. The summed E-state index contributed by atoms with van der Waals surface area (Å²) in [5.41, 5.74) is 3.70. The topological polar surface area (TPSA) is 55.8 Å². The van der Waals surface area contributed by atoms with E-state index in [9.17, 15) is 9.59 Å². The predicted molar refractivity (Wildman–Crippen MR) is 117 cm³/mol. The Morgan fingerprint density at radius 3 is 2.00 bits per heavy atom. The Kier molecular flexibility index (Phi) is 5.11. The van der Waals surface area contributed by atoms with Gasteiger partial charge in [0.15, 0.2) is 0 Å². The molecule has 2 amide bonds. The number of imide groups is 1. The van der Waals surface area contributed by atoms with Crippen LogP contribution in [0.15, 0.2) is 66.7 Å². The smallest absolute Gasteiger partial charge is 0.265 e. The Hall–Kier alpha value is -3.86. The molecule has 0 saturated carbocycles. The van der Waals surface area contributed by atoms with Gasteiger partial charge in [0.05, 0.1) is 19.9 Å². The fourth-order valence-electron chi connectivity index (χ4n) is 3.60. The first-order chi connectivity index (χ1) is 14.5. The molecule has 0 aromatic heterocycles. The molecule has 0 radical (unpaired) electrons. The van der Waals surface area contributed by atoms with Crippen molar-refractivity contribution in [1.29, 1.82) is 0 Å². The summed E-state index contributed by atoms with van der Waals surface area (Å²) in [6, 6.07) is 19.9. The van der Waals surface area contributed by atoms with E-state index in [1.807, 2.05) is 43.3 Å². The molecular weight excluding hydrogens is 378 g/mol. The van der Waals surface area contributed by atoms with Crippen LogP contribution in [0.2, 0.25) is 0 Å². The zero-order chi connectivity index (χ0) is 21.3. The summed E-state index contributed by atoms with van der Waals surface area (Å²) in [6.45, 7) is 1.88. The van der Waals surface area contributed by atoms with E-state index in [1.54, 1.807) is 50.6 Å². The molecule has 30 heavy (non-hydrogen) atoms. The van der Waals surface area contributed by atoms with Crippen LogP contribution in [0.4, 0.5) is 5.69 Å². The maximum Gasteiger partial charge on any atom is 0.265 e. The van der Waals surface area contributed by atoms with Crippen molar-refractivity contribution in [3.63, 3.8) is 0 Å². The van der Waals surface area contributed by atoms with Crippen LogP contribution in [0.25, 0.3) is 11.6 Å². The minimum Gasteiger partial charge on any atom is -0.497 e. The lowest BCUT2D eigenvalue weighted by molar-refractivity contribution is -0.112. The summed E-state index contributed by atoms with van der Waals surface area (Å²) in [5.74, 6) is 0.536. The van der Waals surface area contributed by atoms with Gasteiger partial charge in [-0.25, -0.2) is 4.90 Å². The highest BCUT2D eigenvalue weighted by molar-refractivity contribution is 6.43. The highest BCUT2D eigenvalue weighted by atomic mass is 16.5. The van der Waals surface area contributed by atoms with Gasteiger partial charge in [0.25, 0.3) is 11.8 Å². The number of amides is 2. The number of fused-ring (bicyclic) bond motifs is 1. The minimum atomic E-state index is -0.366. The second-order valence-electron chi connectivity index (χ2n) is 6.98. The lowest BCUT2D eigenvalue weighted by Gasteiger charge is -2.29. The Balaban J connectivity index is 1.92. The quantitative estimate of drug-likeness (QED) is 0.470. The molecule has 150 valence electrons. The second kappa shape index (κ2) is 7.87. The maximum absolute atomic E-state index is 13.5. The number of hydrogen-bond donors (Lipinski definition) is 0. The van der Waals surface area contributed by atoms with Crippen LogP contribution in [0.1, 0.15) is 27.0 Å². The van der Waals surface area contributed by atoms with Gasteiger partial charge in [-0.05, 0) is 54.0 Å². The molecule has 3 aromatic rings. The normalized spacial score (nSPS) is 14.6. The van der Waals surface area contributed by atoms with E-state index in [-0.39, 0.29) is 11.8 Å². The molecule has 1 aliphatic rings. The molecule has 1 heterocycles. The zero-order valence-electron chi connectivity index (χ0n) is 17.0. The number of anilines is 1. The fourth-order valence-corrected chi connectivity index (χ4v) is 3.60. The van der Waals surface area contributed by atoms with Gasteiger partial charge < -0.3 is 9.47 Å². The number of carbonyl (C=O) groups excluding carboxylic acids is 2. The number of rotatable bonds is 4. The van der Waals surface area contributed by atoms with Crippen LogP contribution in [0.3, 0.4) is 0 Å². The first kappa shape index (κ1) is 19.5. The molecule has 4 rings (SSSR count). The highest BCUT2D eigenvalue weighted by Gasteiger charge is 2.36. The molecule has 0 N–H and O–H groups in total. The number of nitrogens with zero attached hydrogens (tertiary/aromatic N) is 1. The number of ether oxygens (including phenoxy) is 2. The Morgan fingerprint density at radius 2 is 1.37 bits per heavy atom. The Bertz CT molecular complexity index is 1160. The average Bonchev–Trinajstić information content (AvgIpc) is 2.77. The summed E-state index contributed by atoms with van der Waals surface area (Å²) >= 11 is 0. The lowest BCUT2D eigenvalue weighted by Crippen LogP contribution is -2.42. The third-order valence-corrected chi connectivity index (χ3v) is 5.13. The molecule has 0 spiro atoms. The molecule has 5 nitrogen and oxygen atoms in total. The van der Waals surface area contributed by atoms with E-state index >= 15 is 0 Å². The highest BCUT2D eigenvalue weighted by Crippen LogP contribution is 2.35. The number of aryl methyl sites for hydroxylation is 1. The van der Waals surface area contributed by atoms with Gasteiger partial charge in [-0.15, -0.1) is 0 Å². The van der Waals surface area contributed by atoms with Crippen molar-refractivity contribution < 1.29 is 19.1 Å². The van der Waals surface area contributed by atoms with Gasteiger partial charge in [-0.1, -0.05) is 36.4 Å². The number of hydrogen-bond acceptors (Lipinski definition) is 4. The molecule has 0 unspecified atom stereocenters. The number of methoxy groups -OCH3 is 2. The Labute approximate surface area is 175 Å². The van der Waals surface area contributed by atoms with Crippen molar-refractivity contribution in [2.75, 3.05) is 19.1 Å². The summed E-state index contributed by atoms with van der Waals surface area (Å²) in [4.78, 5) is 28.0. The molecule has 0 saturated heterocycles. The lowest BCUT2D eigenvalue weighted by atomic mass is 9.91. The standard InChI is InChI=1S/C25H21NO4/c1-16-8-4-7-11-23(16)26-24(27)21-10-6-5-9-20(21)22(25(26)28)14-17-12-18(29-2)15-19(13-17)30-3/h4-15H,1-3H3/b22-14+. The van der Waals surface area contributed by atoms with E-state index in [0.29, 0.717) is 33.9 Å². The molecule has 0 fully saturated rings. The van der Waals surface area contributed by atoms with E-state index < -0.39 is 0 Å². The largest absolute Gasteiger partial charge is 0.497 e. The van der Waals surface area contributed by atoms with Crippen LogP contribution in [-0.2, 0) is 4.79 Å². The molecule has 1 aliphatic heterocycles. The summed E-state index contributed by atoms with van der Waals surface area (Å²) in [5, 5.41) is 0. The van der Waals surface area contributed by atoms with Crippen molar-refractivity contribution in [3.8, 4) is 11.5 Å². The van der Waals surface area contributed by atoms with E-state index in [4.69, 9.17) is 9.47 Å². The molecule has 3 aromatic carbocycles. The number of benzene rings is 3.